The van der Waals surface area contributed by atoms with Crippen LogP contribution in [0, 0.1) is 5.92 Å². The van der Waals surface area contributed by atoms with Crippen molar-refractivity contribution in [1.82, 2.24) is 5.32 Å². The second kappa shape index (κ2) is 8.18. The Morgan fingerprint density at radius 2 is 2.00 bits per heavy atom. The summed E-state index contributed by atoms with van der Waals surface area (Å²) in [7, 11) is 0. The Bertz CT molecular complexity index is 382. The zero-order valence-corrected chi connectivity index (χ0v) is 14.4. The van der Waals surface area contributed by atoms with Crippen molar-refractivity contribution in [2.45, 2.75) is 33.7 Å². The molecule has 18 heavy (non-hydrogen) atoms. The van der Waals surface area contributed by atoms with Gasteiger partial charge in [-0.25, -0.2) is 0 Å². The fourth-order valence-electron chi connectivity index (χ4n) is 1.65. The van der Waals surface area contributed by atoms with Crippen molar-refractivity contribution in [3.05, 3.63) is 26.6 Å². The molecule has 2 nitrogen and oxygen atoms in total. The maximum absolute atomic E-state index is 5.70. The zero-order chi connectivity index (χ0) is 13.5. The first kappa shape index (κ1) is 16.0. The number of halogens is 2. The lowest BCUT2D eigenvalue weighted by atomic mass is 10.1. The van der Waals surface area contributed by atoms with Crippen LogP contribution in [0.4, 0.5) is 0 Å². The van der Waals surface area contributed by atoms with Crippen LogP contribution in [0.2, 0.25) is 0 Å². The quantitative estimate of drug-likeness (QED) is 0.739. The van der Waals surface area contributed by atoms with E-state index in [0.29, 0.717) is 12.5 Å². The van der Waals surface area contributed by atoms with Gasteiger partial charge < -0.3 is 10.1 Å². The zero-order valence-electron chi connectivity index (χ0n) is 11.2. The van der Waals surface area contributed by atoms with Crippen molar-refractivity contribution in [3.8, 4) is 5.75 Å². The predicted molar refractivity (Wildman–Crippen MR) is 84.2 cm³/mol. The van der Waals surface area contributed by atoms with E-state index in [9.17, 15) is 0 Å². The lowest BCUT2D eigenvalue weighted by molar-refractivity contribution is 0.332. The molecule has 0 amide bonds. The van der Waals surface area contributed by atoms with Crippen molar-refractivity contribution < 1.29 is 4.74 Å². The summed E-state index contributed by atoms with van der Waals surface area (Å²) >= 11 is 7.07. The van der Waals surface area contributed by atoms with Crippen molar-refractivity contribution in [1.29, 1.82) is 0 Å². The lowest BCUT2D eigenvalue weighted by Crippen LogP contribution is -2.20. The summed E-state index contributed by atoms with van der Waals surface area (Å²) in [5, 5.41) is 3.48. The van der Waals surface area contributed by atoms with Gasteiger partial charge in [-0.05, 0) is 47.4 Å². The summed E-state index contributed by atoms with van der Waals surface area (Å²) in [6, 6.07) is 4.13. The Kier molecular flexibility index (Phi) is 7.27. The van der Waals surface area contributed by atoms with E-state index in [1.807, 2.05) is 13.0 Å². The third-order valence-electron chi connectivity index (χ3n) is 2.88. The van der Waals surface area contributed by atoms with Crippen LogP contribution < -0.4 is 10.1 Å². The van der Waals surface area contributed by atoms with Gasteiger partial charge >= 0.3 is 0 Å². The summed E-state index contributed by atoms with van der Waals surface area (Å²) < 4.78 is 7.77. The Morgan fingerprint density at radius 3 is 2.61 bits per heavy atom. The second-order valence-corrected chi connectivity index (χ2v) is 6.22. The monoisotopic (exact) mass is 377 g/mol. The summed E-state index contributed by atoms with van der Waals surface area (Å²) in [4.78, 5) is 0. The highest BCUT2D eigenvalue weighted by Gasteiger charge is 2.10. The molecule has 102 valence electrons. The Hall–Kier alpha value is -0.0600. The van der Waals surface area contributed by atoms with Crippen LogP contribution in [-0.2, 0) is 6.54 Å². The van der Waals surface area contributed by atoms with E-state index in [-0.39, 0.29) is 0 Å². The fraction of sp³-hybridized carbons (Fsp3) is 0.571. The number of hydrogen-bond donors (Lipinski definition) is 1. The first-order chi connectivity index (χ1) is 8.58. The smallest absolute Gasteiger partial charge is 0.138 e. The van der Waals surface area contributed by atoms with Gasteiger partial charge in [0.1, 0.15) is 5.75 Å². The minimum absolute atomic E-state index is 0.679. The molecular formula is C14H21Br2NO. The van der Waals surface area contributed by atoms with Crippen LogP contribution in [0.3, 0.4) is 0 Å². The summed E-state index contributed by atoms with van der Waals surface area (Å²) in [5.74, 6) is 1.65. The van der Waals surface area contributed by atoms with Crippen LogP contribution in [0.5, 0.6) is 5.75 Å². The molecule has 1 atom stereocenters. The van der Waals surface area contributed by atoms with Gasteiger partial charge in [0.2, 0.25) is 0 Å². The maximum atomic E-state index is 5.70. The van der Waals surface area contributed by atoms with Crippen LogP contribution in [0.15, 0.2) is 21.1 Å². The SMILES string of the molecule is CCOc1c(Br)cc(Br)cc1CNCC(C)CC. The van der Waals surface area contributed by atoms with Gasteiger partial charge in [-0.3, -0.25) is 0 Å². The summed E-state index contributed by atoms with van der Waals surface area (Å²) in [6.45, 7) is 9.02. The summed E-state index contributed by atoms with van der Waals surface area (Å²) in [5.41, 5.74) is 1.18. The van der Waals surface area contributed by atoms with Gasteiger partial charge in [-0.2, -0.15) is 0 Å². The molecule has 0 bridgehead atoms. The third-order valence-corrected chi connectivity index (χ3v) is 3.93. The molecule has 1 rings (SSSR count). The fourth-order valence-corrected chi connectivity index (χ4v) is 3.08. The van der Waals surface area contributed by atoms with Gasteiger partial charge in [-0.15, -0.1) is 0 Å². The van der Waals surface area contributed by atoms with Gasteiger partial charge in [0.15, 0.2) is 0 Å². The van der Waals surface area contributed by atoms with E-state index in [1.165, 1.54) is 12.0 Å². The first-order valence-corrected chi connectivity index (χ1v) is 7.98. The average molecular weight is 379 g/mol. The van der Waals surface area contributed by atoms with E-state index < -0.39 is 0 Å². The minimum Gasteiger partial charge on any atom is -0.492 e. The van der Waals surface area contributed by atoms with Crippen LogP contribution in [-0.4, -0.2) is 13.2 Å². The van der Waals surface area contributed by atoms with E-state index in [2.05, 4.69) is 57.1 Å². The molecule has 0 aliphatic heterocycles. The van der Waals surface area contributed by atoms with Gasteiger partial charge in [0.05, 0.1) is 11.1 Å². The normalized spacial score (nSPS) is 12.5. The Morgan fingerprint density at radius 1 is 1.28 bits per heavy atom. The molecule has 0 heterocycles. The van der Waals surface area contributed by atoms with Crippen molar-refractivity contribution in [3.63, 3.8) is 0 Å². The number of hydrogen-bond acceptors (Lipinski definition) is 2. The molecule has 1 aromatic rings. The van der Waals surface area contributed by atoms with Crippen molar-refractivity contribution >= 4 is 31.9 Å². The second-order valence-electron chi connectivity index (χ2n) is 4.45. The Labute approximate surface area is 127 Å². The third kappa shape index (κ3) is 4.90. The highest BCUT2D eigenvalue weighted by Crippen LogP contribution is 2.32. The number of benzene rings is 1. The molecule has 4 heteroatoms. The largest absolute Gasteiger partial charge is 0.492 e. The van der Waals surface area contributed by atoms with Gasteiger partial charge in [-0.1, -0.05) is 36.2 Å². The van der Waals surface area contributed by atoms with Crippen LogP contribution >= 0.6 is 31.9 Å². The minimum atomic E-state index is 0.679. The molecule has 0 saturated carbocycles. The highest BCUT2D eigenvalue weighted by atomic mass is 79.9. The molecule has 1 unspecified atom stereocenters. The molecule has 1 aromatic carbocycles. The lowest BCUT2D eigenvalue weighted by Gasteiger charge is -2.15. The number of rotatable bonds is 7. The standard InChI is InChI=1S/C14H21Br2NO/c1-4-10(3)8-17-9-11-6-12(15)7-13(16)14(11)18-5-2/h6-7,10,17H,4-5,8-9H2,1-3H3. The van der Waals surface area contributed by atoms with Crippen molar-refractivity contribution in [2.24, 2.45) is 5.92 Å². The van der Waals surface area contributed by atoms with E-state index >= 15 is 0 Å². The van der Waals surface area contributed by atoms with Crippen LogP contribution in [0.1, 0.15) is 32.8 Å². The van der Waals surface area contributed by atoms with Gasteiger partial charge in [0.25, 0.3) is 0 Å². The highest BCUT2D eigenvalue weighted by molar-refractivity contribution is 9.11. The molecular weight excluding hydrogens is 358 g/mol. The molecule has 0 aliphatic rings. The maximum Gasteiger partial charge on any atom is 0.138 e. The van der Waals surface area contributed by atoms with E-state index in [1.54, 1.807) is 0 Å². The van der Waals surface area contributed by atoms with E-state index in [0.717, 1.165) is 27.8 Å². The summed E-state index contributed by atoms with van der Waals surface area (Å²) in [6.07, 6.45) is 1.20. The molecule has 0 aromatic heterocycles. The average Bonchev–Trinajstić information content (AvgIpc) is 2.33. The molecule has 1 N–H and O–H groups in total. The number of ether oxygens (including phenoxy) is 1. The van der Waals surface area contributed by atoms with Crippen molar-refractivity contribution in [2.75, 3.05) is 13.2 Å². The van der Waals surface area contributed by atoms with E-state index in [4.69, 9.17) is 4.74 Å². The molecule has 0 fully saturated rings. The topological polar surface area (TPSA) is 21.3 Å². The van der Waals surface area contributed by atoms with Gasteiger partial charge in [0, 0.05) is 16.6 Å². The number of nitrogens with one attached hydrogen (secondary N) is 1. The van der Waals surface area contributed by atoms with Crippen LogP contribution in [0.25, 0.3) is 0 Å². The predicted octanol–water partition coefficient (Wildman–Crippen LogP) is 4.75. The molecule has 0 aliphatic carbocycles. The molecule has 0 radical (unpaired) electrons. The first-order valence-electron chi connectivity index (χ1n) is 6.39. The molecule has 0 saturated heterocycles. The molecule has 0 spiro atoms. The Balaban J connectivity index is 2.73.